The van der Waals surface area contributed by atoms with Gasteiger partial charge in [0.2, 0.25) is 0 Å². The highest BCUT2D eigenvalue weighted by atomic mass is 16.5. The Bertz CT molecular complexity index is 152. The minimum Gasteiger partial charge on any atom is -0.423 e. The van der Waals surface area contributed by atoms with Gasteiger partial charge in [-0.3, -0.25) is 0 Å². The van der Waals surface area contributed by atoms with Crippen molar-refractivity contribution in [2.24, 2.45) is 0 Å². The van der Waals surface area contributed by atoms with Gasteiger partial charge in [0, 0.05) is 7.11 Å². The van der Waals surface area contributed by atoms with Crippen LogP contribution in [-0.2, 0) is 4.65 Å². The van der Waals surface area contributed by atoms with Gasteiger partial charge in [0.25, 0.3) is 0 Å². The summed E-state index contributed by atoms with van der Waals surface area (Å²) in [5.74, 6) is 0. The Morgan fingerprint density at radius 2 is 2.30 bits per heavy atom. The van der Waals surface area contributed by atoms with E-state index in [1.807, 2.05) is 0 Å². The second kappa shape index (κ2) is 5.03. The summed E-state index contributed by atoms with van der Waals surface area (Å²) in [6, 6.07) is 0. The monoisotopic (exact) mass is 138 g/mol. The molecule has 0 saturated heterocycles. The lowest BCUT2D eigenvalue weighted by Crippen LogP contribution is -2.16. The van der Waals surface area contributed by atoms with Gasteiger partial charge in [-0.15, -0.1) is 0 Å². The highest BCUT2D eigenvalue weighted by Gasteiger charge is 2.11. The quantitative estimate of drug-likeness (QED) is 0.462. The smallest absolute Gasteiger partial charge is 0.423 e. The summed E-state index contributed by atoms with van der Waals surface area (Å²) >= 11 is 0. The molecule has 3 heteroatoms. The summed E-state index contributed by atoms with van der Waals surface area (Å²) in [7, 11) is 0.508. The molecule has 0 fully saturated rings. The molecule has 0 saturated carbocycles. The summed E-state index contributed by atoms with van der Waals surface area (Å²) in [5, 5.41) is 8.95. The fourth-order valence-corrected chi connectivity index (χ4v) is 0.425. The fraction of sp³-hybridized carbons (Fsp3) is 0.143. The van der Waals surface area contributed by atoms with Crippen molar-refractivity contribution < 1.29 is 9.68 Å². The van der Waals surface area contributed by atoms with Crippen molar-refractivity contribution >= 4 is 7.12 Å². The summed E-state index contributed by atoms with van der Waals surface area (Å²) in [6.07, 6.45) is 4.93. The maximum absolute atomic E-state index is 8.95. The summed E-state index contributed by atoms with van der Waals surface area (Å²) in [5.41, 5.74) is 0.516. The van der Waals surface area contributed by atoms with E-state index in [0.29, 0.717) is 5.47 Å². The van der Waals surface area contributed by atoms with Crippen molar-refractivity contribution in [2.75, 3.05) is 7.11 Å². The Balaban J connectivity index is 3.83. The number of rotatable bonds is 4. The van der Waals surface area contributed by atoms with Crippen LogP contribution in [0.1, 0.15) is 0 Å². The molecule has 10 heavy (non-hydrogen) atoms. The Kier molecular flexibility index (Phi) is 4.63. The van der Waals surface area contributed by atoms with Crippen LogP contribution in [0.4, 0.5) is 0 Å². The Morgan fingerprint density at radius 3 is 2.70 bits per heavy atom. The third-order valence-electron chi connectivity index (χ3n) is 0.987. The molecule has 1 N–H and O–H groups in total. The van der Waals surface area contributed by atoms with E-state index in [0.717, 1.165) is 0 Å². The molecule has 0 aromatic rings. The van der Waals surface area contributed by atoms with Crippen molar-refractivity contribution in [3.05, 3.63) is 36.9 Å². The Hall–Kier alpha value is -0.795. The predicted molar refractivity (Wildman–Crippen MR) is 43.5 cm³/mol. The first-order valence-corrected chi connectivity index (χ1v) is 2.91. The van der Waals surface area contributed by atoms with Crippen LogP contribution < -0.4 is 0 Å². The van der Waals surface area contributed by atoms with Gasteiger partial charge in [-0.05, 0) is 5.47 Å². The van der Waals surface area contributed by atoms with Crippen LogP contribution >= 0.6 is 0 Å². The number of hydrogen-bond acceptors (Lipinski definition) is 2. The molecule has 0 amide bonds. The first kappa shape index (κ1) is 9.20. The number of hydrogen-bond donors (Lipinski definition) is 1. The molecule has 0 heterocycles. The van der Waals surface area contributed by atoms with Crippen LogP contribution in [0.15, 0.2) is 36.9 Å². The number of allylic oxidation sites excluding steroid dienone is 4. The molecular weight excluding hydrogens is 127 g/mol. The van der Waals surface area contributed by atoms with Crippen molar-refractivity contribution in [2.45, 2.75) is 0 Å². The average Bonchev–Trinajstić information content (AvgIpc) is 1.98. The Morgan fingerprint density at radius 1 is 1.70 bits per heavy atom. The summed E-state index contributed by atoms with van der Waals surface area (Å²) < 4.78 is 4.58. The molecule has 0 aliphatic rings. The molecule has 2 nitrogen and oxygen atoms in total. The zero-order chi connectivity index (χ0) is 7.98. The van der Waals surface area contributed by atoms with E-state index in [-0.39, 0.29) is 0 Å². The predicted octanol–water partition coefficient (Wildman–Crippen LogP) is 0.951. The Labute approximate surface area is 61.7 Å². The molecule has 0 atom stereocenters. The summed E-state index contributed by atoms with van der Waals surface area (Å²) in [4.78, 5) is 0. The van der Waals surface area contributed by atoms with Gasteiger partial charge in [0.05, 0.1) is 0 Å². The van der Waals surface area contributed by atoms with E-state index in [2.05, 4.69) is 17.8 Å². The average molecular weight is 138 g/mol. The van der Waals surface area contributed by atoms with Crippen molar-refractivity contribution in [3.8, 4) is 0 Å². The van der Waals surface area contributed by atoms with Crippen LogP contribution in [0, 0.1) is 0 Å². The third kappa shape index (κ3) is 3.27. The normalized spacial score (nSPS) is 9.80. The minimum absolute atomic E-state index is 0.516. The van der Waals surface area contributed by atoms with Crippen LogP contribution in [0.5, 0.6) is 0 Å². The van der Waals surface area contributed by atoms with E-state index in [9.17, 15) is 0 Å². The van der Waals surface area contributed by atoms with E-state index in [4.69, 9.17) is 5.02 Å². The first-order valence-electron chi connectivity index (χ1n) is 2.91. The van der Waals surface area contributed by atoms with Gasteiger partial charge in [0.1, 0.15) is 0 Å². The molecule has 0 aliphatic carbocycles. The van der Waals surface area contributed by atoms with Gasteiger partial charge >= 0.3 is 7.12 Å². The highest BCUT2D eigenvalue weighted by molar-refractivity contribution is 6.53. The zero-order valence-corrected chi connectivity index (χ0v) is 6.08. The van der Waals surface area contributed by atoms with Crippen LogP contribution in [-0.4, -0.2) is 19.3 Å². The van der Waals surface area contributed by atoms with Crippen LogP contribution in [0.3, 0.4) is 0 Å². The maximum Gasteiger partial charge on any atom is 0.490 e. The van der Waals surface area contributed by atoms with Crippen molar-refractivity contribution in [1.82, 2.24) is 0 Å². The molecule has 54 valence electrons. The summed E-state index contributed by atoms with van der Waals surface area (Å²) in [6.45, 7) is 7.02. The standard InChI is InChI=1S/C7H11BO2/c1-4-5-6-7(2)8(9)10-3/h4-6,9H,1-2H2,3H3. The SMILES string of the molecule is C=CC=CC(=C)B(O)OC. The van der Waals surface area contributed by atoms with Crippen LogP contribution in [0.2, 0.25) is 0 Å². The van der Waals surface area contributed by atoms with Gasteiger partial charge in [-0.25, -0.2) is 0 Å². The topological polar surface area (TPSA) is 29.5 Å². The van der Waals surface area contributed by atoms with E-state index < -0.39 is 7.12 Å². The molecule has 0 bridgehead atoms. The van der Waals surface area contributed by atoms with Gasteiger partial charge in [0.15, 0.2) is 0 Å². The molecule has 0 unspecified atom stereocenters. The fourth-order valence-electron chi connectivity index (χ4n) is 0.425. The van der Waals surface area contributed by atoms with E-state index in [1.54, 1.807) is 18.2 Å². The largest absolute Gasteiger partial charge is 0.490 e. The second-order valence-electron chi connectivity index (χ2n) is 1.76. The third-order valence-corrected chi connectivity index (χ3v) is 0.987. The first-order chi connectivity index (χ1) is 4.72. The molecule has 0 rings (SSSR count). The van der Waals surface area contributed by atoms with Gasteiger partial charge < -0.3 is 9.68 Å². The molecule has 0 spiro atoms. The maximum atomic E-state index is 8.95. The van der Waals surface area contributed by atoms with E-state index >= 15 is 0 Å². The zero-order valence-electron chi connectivity index (χ0n) is 6.08. The molecule has 0 aromatic heterocycles. The molecular formula is C7H11BO2. The van der Waals surface area contributed by atoms with E-state index in [1.165, 1.54) is 7.11 Å². The van der Waals surface area contributed by atoms with Crippen LogP contribution in [0.25, 0.3) is 0 Å². The molecule has 0 aliphatic heterocycles. The van der Waals surface area contributed by atoms with Crippen molar-refractivity contribution in [1.29, 1.82) is 0 Å². The molecule has 0 radical (unpaired) electrons. The highest BCUT2D eigenvalue weighted by Crippen LogP contribution is 1.96. The van der Waals surface area contributed by atoms with Gasteiger partial charge in [-0.2, -0.15) is 0 Å². The lowest BCUT2D eigenvalue weighted by atomic mass is 9.80. The van der Waals surface area contributed by atoms with Gasteiger partial charge in [-0.1, -0.05) is 31.4 Å². The minimum atomic E-state index is -0.906. The second-order valence-corrected chi connectivity index (χ2v) is 1.76. The molecule has 0 aromatic carbocycles. The lowest BCUT2D eigenvalue weighted by molar-refractivity contribution is 0.338. The lowest BCUT2D eigenvalue weighted by Gasteiger charge is -2.00. The van der Waals surface area contributed by atoms with Crippen molar-refractivity contribution in [3.63, 3.8) is 0 Å².